The zero-order valence-electron chi connectivity index (χ0n) is 10.2. The molecule has 0 spiro atoms. The van der Waals surface area contributed by atoms with Crippen LogP contribution in [0.4, 0.5) is 11.5 Å². The van der Waals surface area contributed by atoms with Crippen LogP contribution >= 0.6 is 15.9 Å². The summed E-state index contributed by atoms with van der Waals surface area (Å²) >= 11 is 3.29. The first kappa shape index (κ1) is 13.4. The van der Waals surface area contributed by atoms with Crippen LogP contribution in [0.25, 0.3) is 0 Å². The Morgan fingerprint density at radius 3 is 2.74 bits per heavy atom. The van der Waals surface area contributed by atoms with Crippen molar-refractivity contribution in [2.24, 2.45) is 5.84 Å². The van der Waals surface area contributed by atoms with Crippen molar-refractivity contribution in [1.29, 1.82) is 0 Å². The Labute approximate surface area is 118 Å². The number of carbonyl (C=O) groups is 1. The summed E-state index contributed by atoms with van der Waals surface area (Å²) in [5, 5.41) is 0. The van der Waals surface area contributed by atoms with Gasteiger partial charge in [0.25, 0.3) is 5.91 Å². The highest BCUT2D eigenvalue weighted by Gasteiger charge is 2.18. The minimum atomic E-state index is -0.215. The Morgan fingerprint density at radius 2 is 2.11 bits per heavy atom. The molecule has 0 fully saturated rings. The summed E-state index contributed by atoms with van der Waals surface area (Å²) in [4.78, 5) is 21.9. The molecule has 0 atom stereocenters. The predicted molar refractivity (Wildman–Crippen MR) is 76.7 cm³/mol. The van der Waals surface area contributed by atoms with Crippen molar-refractivity contribution >= 4 is 33.3 Å². The molecule has 0 saturated carbocycles. The molecule has 2 aromatic rings. The third kappa shape index (κ3) is 2.88. The van der Waals surface area contributed by atoms with Crippen molar-refractivity contribution < 1.29 is 4.79 Å². The van der Waals surface area contributed by atoms with E-state index in [-0.39, 0.29) is 5.91 Å². The fraction of sp³-hybridized carbons (Fsp3) is 0.0833. The predicted octanol–water partition coefficient (Wildman–Crippen LogP) is 1.80. The second-order valence-corrected chi connectivity index (χ2v) is 4.68. The smallest absolute Gasteiger partial charge is 0.261 e. The molecule has 0 saturated heterocycles. The molecule has 0 radical (unpaired) electrons. The lowest BCUT2D eigenvalue weighted by atomic mass is 10.2. The zero-order chi connectivity index (χ0) is 13.8. The first-order valence-corrected chi connectivity index (χ1v) is 6.23. The normalized spacial score (nSPS) is 10.1. The third-order valence-electron chi connectivity index (χ3n) is 2.58. The van der Waals surface area contributed by atoms with Crippen LogP contribution in [0.5, 0.6) is 0 Å². The Kier molecular flexibility index (Phi) is 4.08. The second kappa shape index (κ2) is 5.77. The van der Waals surface area contributed by atoms with Gasteiger partial charge in [0.15, 0.2) is 5.82 Å². The van der Waals surface area contributed by atoms with Gasteiger partial charge in [-0.25, -0.2) is 10.8 Å². The van der Waals surface area contributed by atoms with Crippen LogP contribution in [-0.2, 0) is 0 Å². The van der Waals surface area contributed by atoms with Gasteiger partial charge in [0.1, 0.15) is 0 Å². The first-order valence-electron chi connectivity index (χ1n) is 5.43. The van der Waals surface area contributed by atoms with E-state index in [2.05, 4.69) is 31.3 Å². The van der Waals surface area contributed by atoms with Crippen LogP contribution in [-0.4, -0.2) is 22.9 Å². The van der Waals surface area contributed by atoms with Crippen molar-refractivity contribution in [3.05, 3.63) is 46.8 Å². The summed E-state index contributed by atoms with van der Waals surface area (Å²) in [6.45, 7) is 0. The average Bonchev–Trinajstić information content (AvgIpc) is 2.46. The molecule has 2 heterocycles. The van der Waals surface area contributed by atoms with Crippen LogP contribution in [0.2, 0.25) is 0 Å². The molecule has 98 valence electrons. The maximum atomic E-state index is 12.4. The van der Waals surface area contributed by atoms with E-state index in [1.54, 1.807) is 43.8 Å². The summed E-state index contributed by atoms with van der Waals surface area (Å²) in [6, 6.07) is 5.17. The molecule has 0 unspecified atom stereocenters. The zero-order valence-corrected chi connectivity index (χ0v) is 11.8. The number of hydrogen-bond donors (Lipinski definition) is 2. The minimum absolute atomic E-state index is 0.215. The van der Waals surface area contributed by atoms with Gasteiger partial charge >= 0.3 is 0 Å². The molecule has 0 aromatic carbocycles. The number of nitrogens with one attached hydrogen (secondary N) is 1. The lowest BCUT2D eigenvalue weighted by molar-refractivity contribution is 0.0993. The van der Waals surface area contributed by atoms with Crippen molar-refractivity contribution in [3.8, 4) is 0 Å². The van der Waals surface area contributed by atoms with Crippen molar-refractivity contribution in [1.82, 2.24) is 9.97 Å². The van der Waals surface area contributed by atoms with Gasteiger partial charge in [-0.15, -0.1) is 0 Å². The number of amides is 1. The van der Waals surface area contributed by atoms with Crippen LogP contribution in [0.3, 0.4) is 0 Å². The summed E-state index contributed by atoms with van der Waals surface area (Å²) in [7, 11) is 1.68. The van der Waals surface area contributed by atoms with E-state index in [1.807, 2.05) is 0 Å². The molecule has 19 heavy (non-hydrogen) atoms. The number of rotatable bonds is 3. The number of nitrogen functional groups attached to an aromatic ring is 1. The number of carbonyl (C=O) groups excluding carboxylic acids is 1. The average molecular weight is 322 g/mol. The number of hydrazine groups is 1. The van der Waals surface area contributed by atoms with E-state index in [4.69, 9.17) is 5.84 Å². The highest BCUT2D eigenvalue weighted by atomic mass is 79.9. The molecule has 7 heteroatoms. The molecule has 1 amide bonds. The van der Waals surface area contributed by atoms with Gasteiger partial charge < -0.3 is 10.3 Å². The van der Waals surface area contributed by atoms with Crippen LogP contribution in [0, 0.1) is 0 Å². The van der Waals surface area contributed by atoms with Crippen LogP contribution < -0.4 is 16.2 Å². The number of halogens is 1. The standard InChI is InChI=1S/C12H12BrN5O/c1-18(9-2-4-15-5-3-9)12(19)10-6-8(13)7-16-11(10)17-14/h2-7H,14H2,1H3,(H,16,17). The molecular formula is C12H12BrN5O. The highest BCUT2D eigenvalue weighted by Crippen LogP contribution is 2.21. The Balaban J connectivity index is 2.37. The Morgan fingerprint density at radius 1 is 1.42 bits per heavy atom. The van der Waals surface area contributed by atoms with E-state index in [9.17, 15) is 4.79 Å². The number of nitrogens with two attached hydrogens (primary N) is 1. The number of aromatic nitrogens is 2. The summed E-state index contributed by atoms with van der Waals surface area (Å²) < 4.78 is 0.706. The van der Waals surface area contributed by atoms with Crippen molar-refractivity contribution in [2.75, 3.05) is 17.4 Å². The molecule has 0 aliphatic heterocycles. The molecule has 2 aromatic heterocycles. The quantitative estimate of drug-likeness (QED) is 0.665. The number of anilines is 2. The fourth-order valence-electron chi connectivity index (χ4n) is 1.58. The lowest BCUT2D eigenvalue weighted by Gasteiger charge is -2.18. The molecule has 0 bridgehead atoms. The maximum Gasteiger partial charge on any atom is 0.261 e. The number of hydrogen-bond acceptors (Lipinski definition) is 5. The Hall–Kier alpha value is -1.99. The van der Waals surface area contributed by atoms with E-state index >= 15 is 0 Å². The van der Waals surface area contributed by atoms with Gasteiger partial charge in [0.2, 0.25) is 0 Å². The van der Waals surface area contributed by atoms with Gasteiger partial charge in [-0.05, 0) is 34.1 Å². The maximum absolute atomic E-state index is 12.4. The largest absolute Gasteiger partial charge is 0.311 e. The molecule has 3 N–H and O–H groups in total. The lowest BCUT2D eigenvalue weighted by Crippen LogP contribution is -2.28. The SMILES string of the molecule is CN(C(=O)c1cc(Br)cnc1NN)c1ccncc1. The molecular weight excluding hydrogens is 310 g/mol. The minimum Gasteiger partial charge on any atom is -0.311 e. The van der Waals surface area contributed by atoms with Crippen molar-refractivity contribution in [3.63, 3.8) is 0 Å². The second-order valence-electron chi connectivity index (χ2n) is 3.76. The highest BCUT2D eigenvalue weighted by molar-refractivity contribution is 9.10. The molecule has 6 nitrogen and oxygen atoms in total. The fourth-order valence-corrected chi connectivity index (χ4v) is 1.91. The molecule has 0 aliphatic carbocycles. The summed E-state index contributed by atoms with van der Waals surface area (Å²) in [5.74, 6) is 5.48. The summed E-state index contributed by atoms with van der Waals surface area (Å²) in [6.07, 6.45) is 4.82. The van der Waals surface area contributed by atoms with E-state index in [0.717, 1.165) is 5.69 Å². The van der Waals surface area contributed by atoms with Gasteiger partial charge in [-0.1, -0.05) is 0 Å². The topological polar surface area (TPSA) is 84.1 Å². The molecule has 0 aliphatic rings. The summed E-state index contributed by atoms with van der Waals surface area (Å²) in [5.41, 5.74) is 3.54. The van der Waals surface area contributed by atoms with Gasteiger partial charge in [0, 0.05) is 35.8 Å². The van der Waals surface area contributed by atoms with E-state index in [1.165, 1.54) is 4.90 Å². The van der Waals surface area contributed by atoms with Crippen LogP contribution in [0.15, 0.2) is 41.3 Å². The van der Waals surface area contributed by atoms with Gasteiger partial charge in [-0.3, -0.25) is 9.78 Å². The van der Waals surface area contributed by atoms with E-state index < -0.39 is 0 Å². The van der Waals surface area contributed by atoms with Gasteiger partial charge in [-0.2, -0.15) is 0 Å². The third-order valence-corrected chi connectivity index (χ3v) is 3.01. The molecule has 2 rings (SSSR count). The number of pyridine rings is 2. The number of nitrogens with zero attached hydrogens (tertiary/aromatic N) is 3. The Bertz CT molecular complexity index is 590. The van der Waals surface area contributed by atoms with E-state index in [0.29, 0.717) is 15.9 Å². The van der Waals surface area contributed by atoms with Gasteiger partial charge in [0.05, 0.1) is 5.56 Å². The van der Waals surface area contributed by atoms with Crippen molar-refractivity contribution in [2.45, 2.75) is 0 Å². The monoisotopic (exact) mass is 321 g/mol. The van der Waals surface area contributed by atoms with Crippen LogP contribution in [0.1, 0.15) is 10.4 Å². The first-order chi connectivity index (χ1) is 9.13.